The summed E-state index contributed by atoms with van der Waals surface area (Å²) in [5, 5.41) is 0. The Morgan fingerprint density at radius 1 is 1.11 bits per heavy atom. The SMILES string of the molecule is C=C(CCCCCC)CCC(C)(CC)CC1CC1. The highest BCUT2D eigenvalue weighted by molar-refractivity contribution is 4.96. The Morgan fingerprint density at radius 3 is 2.39 bits per heavy atom. The Morgan fingerprint density at radius 2 is 1.83 bits per heavy atom. The molecule has 1 fully saturated rings. The second-order valence-corrected chi connectivity index (χ2v) is 6.87. The van der Waals surface area contributed by atoms with E-state index in [1.165, 1.54) is 76.2 Å². The van der Waals surface area contributed by atoms with Crippen molar-refractivity contribution in [3.63, 3.8) is 0 Å². The minimum Gasteiger partial charge on any atom is -0.0999 e. The molecule has 0 heterocycles. The van der Waals surface area contributed by atoms with Crippen LogP contribution in [0, 0.1) is 11.3 Å². The molecule has 0 N–H and O–H groups in total. The van der Waals surface area contributed by atoms with E-state index in [-0.39, 0.29) is 0 Å². The Balaban J connectivity index is 2.14. The molecule has 1 aliphatic rings. The summed E-state index contributed by atoms with van der Waals surface area (Å²) < 4.78 is 0. The van der Waals surface area contributed by atoms with E-state index in [1.54, 1.807) is 0 Å². The van der Waals surface area contributed by atoms with Gasteiger partial charge in [0, 0.05) is 0 Å². The van der Waals surface area contributed by atoms with Crippen LogP contribution in [0.2, 0.25) is 0 Å². The Labute approximate surface area is 115 Å². The highest BCUT2D eigenvalue weighted by Crippen LogP contribution is 2.44. The molecule has 0 bridgehead atoms. The molecule has 1 atom stereocenters. The van der Waals surface area contributed by atoms with Crippen LogP contribution in [0.1, 0.15) is 91.4 Å². The van der Waals surface area contributed by atoms with E-state index in [2.05, 4.69) is 27.4 Å². The van der Waals surface area contributed by atoms with E-state index < -0.39 is 0 Å². The summed E-state index contributed by atoms with van der Waals surface area (Å²) >= 11 is 0. The minimum absolute atomic E-state index is 0.591. The highest BCUT2D eigenvalue weighted by Gasteiger charge is 2.31. The van der Waals surface area contributed by atoms with Gasteiger partial charge in [0.1, 0.15) is 0 Å². The number of hydrogen-bond acceptors (Lipinski definition) is 0. The zero-order chi connectivity index (χ0) is 13.4. The highest BCUT2D eigenvalue weighted by atomic mass is 14.4. The molecule has 0 radical (unpaired) electrons. The number of unbranched alkanes of at least 4 members (excludes halogenated alkanes) is 3. The molecule has 0 spiro atoms. The zero-order valence-corrected chi connectivity index (χ0v) is 13.1. The van der Waals surface area contributed by atoms with Crippen LogP contribution in [0.4, 0.5) is 0 Å². The zero-order valence-electron chi connectivity index (χ0n) is 13.1. The third-order valence-electron chi connectivity index (χ3n) is 4.80. The smallest absolute Gasteiger partial charge is 0.0318 e. The molecule has 18 heavy (non-hydrogen) atoms. The molecule has 0 aromatic carbocycles. The molecule has 0 heteroatoms. The van der Waals surface area contributed by atoms with Crippen molar-refractivity contribution in [1.82, 2.24) is 0 Å². The molecule has 0 amide bonds. The fraction of sp³-hybridized carbons (Fsp3) is 0.889. The monoisotopic (exact) mass is 250 g/mol. The molecule has 0 aliphatic heterocycles. The van der Waals surface area contributed by atoms with Gasteiger partial charge in [-0.1, -0.05) is 71.4 Å². The summed E-state index contributed by atoms with van der Waals surface area (Å²) in [6.07, 6.45) is 15.2. The Kier molecular flexibility index (Phi) is 7.04. The van der Waals surface area contributed by atoms with E-state index >= 15 is 0 Å². The summed E-state index contributed by atoms with van der Waals surface area (Å²) in [6, 6.07) is 0. The third kappa shape index (κ3) is 6.61. The van der Waals surface area contributed by atoms with Crippen LogP contribution >= 0.6 is 0 Å². The molecular weight excluding hydrogens is 216 g/mol. The van der Waals surface area contributed by atoms with Crippen LogP contribution in [-0.2, 0) is 0 Å². The maximum absolute atomic E-state index is 4.28. The quantitative estimate of drug-likeness (QED) is 0.289. The van der Waals surface area contributed by atoms with Crippen molar-refractivity contribution in [1.29, 1.82) is 0 Å². The van der Waals surface area contributed by atoms with Crippen LogP contribution in [0.25, 0.3) is 0 Å². The van der Waals surface area contributed by atoms with Gasteiger partial charge in [0.15, 0.2) is 0 Å². The van der Waals surface area contributed by atoms with Crippen molar-refractivity contribution >= 4 is 0 Å². The van der Waals surface area contributed by atoms with Gasteiger partial charge in [0.25, 0.3) is 0 Å². The van der Waals surface area contributed by atoms with Crippen LogP contribution in [0.5, 0.6) is 0 Å². The molecule has 1 aliphatic carbocycles. The number of hydrogen-bond donors (Lipinski definition) is 0. The summed E-state index contributed by atoms with van der Waals surface area (Å²) in [5.41, 5.74) is 2.09. The molecule has 1 unspecified atom stereocenters. The lowest BCUT2D eigenvalue weighted by Gasteiger charge is -2.29. The average Bonchev–Trinajstić information content (AvgIpc) is 3.16. The summed E-state index contributed by atoms with van der Waals surface area (Å²) in [7, 11) is 0. The van der Waals surface area contributed by atoms with E-state index in [4.69, 9.17) is 0 Å². The topological polar surface area (TPSA) is 0 Å². The third-order valence-corrected chi connectivity index (χ3v) is 4.80. The second-order valence-electron chi connectivity index (χ2n) is 6.87. The van der Waals surface area contributed by atoms with Crippen molar-refractivity contribution in [3.05, 3.63) is 12.2 Å². The van der Waals surface area contributed by atoms with E-state index in [0.717, 1.165) is 5.92 Å². The second kappa shape index (κ2) is 8.02. The minimum atomic E-state index is 0.591. The van der Waals surface area contributed by atoms with E-state index in [0.29, 0.717) is 5.41 Å². The first-order chi connectivity index (χ1) is 8.59. The molecule has 1 saturated carbocycles. The maximum Gasteiger partial charge on any atom is -0.0318 e. The first-order valence-corrected chi connectivity index (χ1v) is 8.26. The summed E-state index contributed by atoms with van der Waals surface area (Å²) in [5.74, 6) is 1.06. The van der Waals surface area contributed by atoms with Gasteiger partial charge in [-0.15, -0.1) is 0 Å². The molecule has 0 nitrogen and oxygen atoms in total. The fourth-order valence-corrected chi connectivity index (χ4v) is 2.85. The van der Waals surface area contributed by atoms with Gasteiger partial charge in [-0.05, 0) is 43.4 Å². The van der Waals surface area contributed by atoms with Gasteiger partial charge in [-0.3, -0.25) is 0 Å². The lowest BCUT2D eigenvalue weighted by molar-refractivity contribution is 0.245. The fourth-order valence-electron chi connectivity index (χ4n) is 2.85. The molecular formula is C18H34. The van der Waals surface area contributed by atoms with E-state index in [9.17, 15) is 0 Å². The Bertz CT molecular complexity index is 236. The predicted octanol–water partition coefficient (Wildman–Crippen LogP) is 6.51. The summed E-state index contributed by atoms with van der Waals surface area (Å²) in [6.45, 7) is 11.4. The van der Waals surface area contributed by atoms with E-state index in [1.807, 2.05) is 0 Å². The molecule has 0 aromatic heterocycles. The Hall–Kier alpha value is -0.260. The lowest BCUT2D eigenvalue weighted by atomic mass is 9.77. The summed E-state index contributed by atoms with van der Waals surface area (Å²) in [4.78, 5) is 0. The van der Waals surface area contributed by atoms with Crippen molar-refractivity contribution in [2.75, 3.05) is 0 Å². The number of rotatable bonds is 11. The van der Waals surface area contributed by atoms with Crippen molar-refractivity contribution in [3.8, 4) is 0 Å². The van der Waals surface area contributed by atoms with Gasteiger partial charge in [-0.2, -0.15) is 0 Å². The van der Waals surface area contributed by atoms with Gasteiger partial charge >= 0.3 is 0 Å². The number of allylic oxidation sites excluding steroid dienone is 1. The van der Waals surface area contributed by atoms with Gasteiger partial charge < -0.3 is 0 Å². The molecule has 106 valence electrons. The van der Waals surface area contributed by atoms with Crippen molar-refractivity contribution in [2.45, 2.75) is 91.4 Å². The molecule has 0 aromatic rings. The van der Waals surface area contributed by atoms with Gasteiger partial charge in [0.2, 0.25) is 0 Å². The maximum atomic E-state index is 4.28. The van der Waals surface area contributed by atoms with Gasteiger partial charge in [0.05, 0.1) is 0 Å². The van der Waals surface area contributed by atoms with Crippen LogP contribution < -0.4 is 0 Å². The lowest BCUT2D eigenvalue weighted by Crippen LogP contribution is -2.16. The van der Waals surface area contributed by atoms with Crippen LogP contribution in [-0.4, -0.2) is 0 Å². The normalized spacial score (nSPS) is 18.6. The van der Waals surface area contributed by atoms with Crippen LogP contribution in [0.15, 0.2) is 12.2 Å². The van der Waals surface area contributed by atoms with Crippen molar-refractivity contribution < 1.29 is 0 Å². The van der Waals surface area contributed by atoms with Crippen LogP contribution in [0.3, 0.4) is 0 Å². The molecule has 0 saturated heterocycles. The average molecular weight is 250 g/mol. The predicted molar refractivity (Wildman–Crippen MR) is 82.9 cm³/mol. The molecule has 1 rings (SSSR count). The van der Waals surface area contributed by atoms with Gasteiger partial charge in [-0.25, -0.2) is 0 Å². The van der Waals surface area contributed by atoms with Crippen molar-refractivity contribution in [2.24, 2.45) is 11.3 Å². The standard InChI is InChI=1S/C18H34/c1-5-7-8-9-10-16(3)13-14-18(4,6-2)15-17-11-12-17/h17H,3,5-15H2,1-2,4H3. The first-order valence-electron chi connectivity index (χ1n) is 8.26. The largest absolute Gasteiger partial charge is 0.0999 e. The first kappa shape index (κ1) is 15.8.